The number of thiophene rings is 1. The Balaban J connectivity index is 2.60. The van der Waals surface area contributed by atoms with Crippen LogP contribution in [0, 0.1) is 13.8 Å². The predicted octanol–water partition coefficient (Wildman–Crippen LogP) is 3.31. The van der Waals surface area contributed by atoms with Gasteiger partial charge >= 0.3 is 5.97 Å². The summed E-state index contributed by atoms with van der Waals surface area (Å²) in [6.45, 7) is 4.04. The van der Waals surface area contributed by atoms with Crippen LogP contribution in [-0.2, 0) is 0 Å². The molecule has 0 aliphatic heterocycles. The fourth-order valence-electron chi connectivity index (χ4n) is 1.71. The minimum absolute atomic E-state index is 0.207. The molecule has 0 saturated heterocycles. The molecule has 0 unspecified atom stereocenters. The molecule has 0 fully saturated rings. The Morgan fingerprint density at radius 1 is 1.29 bits per heavy atom. The van der Waals surface area contributed by atoms with E-state index < -0.39 is 5.97 Å². The highest BCUT2D eigenvalue weighted by molar-refractivity contribution is 7.14. The van der Waals surface area contributed by atoms with E-state index in [1.165, 1.54) is 16.9 Å². The first-order chi connectivity index (χ1) is 8.00. The number of carboxylic acid groups (broad SMARTS) is 1. The molecule has 0 aliphatic carbocycles. The fraction of sp³-hybridized carbons (Fsp3) is 0.154. The highest BCUT2D eigenvalue weighted by Crippen LogP contribution is 2.34. The first kappa shape index (κ1) is 11.7. The van der Waals surface area contributed by atoms with Crippen molar-refractivity contribution in [3.8, 4) is 11.1 Å². The summed E-state index contributed by atoms with van der Waals surface area (Å²) in [5.41, 5.74) is 9.82. The highest BCUT2D eigenvalue weighted by atomic mass is 32.1. The minimum atomic E-state index is -0.975. The molecule has 4 heteroatoms. The molecule has 1 aromatic heterocycles. The molecule has 3 N–H and O–H groups in total. The predicted molar refractivity (Wildman–Crippen MR) is 70.6 cm³/mol. The summed E-state index contributed by atoms with van der Waals surface area (Å²) in [6.07, 6.45) is 0. The molecule has 1 aromatic carbocycles. The molecule has 0 radical (unpaired) electrons. The van der Waals surface area contributed by atoms with Crippen molar-refractivity contribution in [3.05, 3.63) is 40.3 Å². The van der Waals surface area contributed by atoms with Crippen LogP contribution in [0.5, 0.6) is 0 Å². The number of aromatic carboxylic acids is 1. The van der Waals surface area contributed by atoms with Gasteiger partial charge in [0.1, 0.15) is 10.6 Å². The van der Waals surface area contributed by atoms with Gasteiger partial charge in [0.15, 0.2) is 0 Å². The monoisotopic (exact) mass is 247 g/mol. The van der Waals surface area contributed by atoms with Gasteiger partial charge < -0.3 is 10.8 Å². The normalized spacial score (nSPS) is 10.5. The molecule has 2 rings (SSSR count). The van der Waals surface area contributed by atoms with Crippen LogP contribution in [0.3, 0.4) is 0 Å². The van der Waals surface area contributed by atoms with E-state index in [0.717, 1.165) is 11.1 Å². The Morgan fingerprint density at radius 2 is 2.00 bits per heavy atom. The minimum Gasteiger partial charge on any atom is -0.478 e. The quantitative estimate of drug-likeness (QED) is 0.855. The summed E-state index contributed by atoms with van der Waals surface area (Å²) in [5, 5.41) is 11.3. The molecular formula is C13H13NO2S. The average molecular weight is 247 g/mol. The largest absolute Gasteiger partial charge is 0.478 e. The van der Waals surface area contributed by atoms with Crippen LogP contribution < -0.4 is 5.73 Å². The van der Waals surface area contributed by atoms with Crippen molar-refractivity contribution in [2.24, 2.45) is 0 Å². The van der Waals surface area contributed by atoms with E-state index in [4.69, 9.17) is 10.8 Å². The Kier molecular flexibility index (Phi) is 2.90. The van der Waals surface area contributed by atoms with Crippen LogP contribution in [0.1, 0.15) is 21.5 Å². The molecule has 0 saturated carbocycles. The zero-order valence-corrected chi connectivity index (χ0v) is 10.5. The first-order valence-electron chi connectivity index (χ1n) is 5.18. The van der Waals surface area contributed by atoms with E-state index in [2.05, 4.69) is 0 Å². The lowest BCUT2D eigenvalue weighted by atomic mass is 9.99. The molecule has 88 valence electrons. The molecule has 0 atom stereocenters. The van der Waals surface area contributed by atoms with Gasteiger partial charge in [-0.3, -0.25) is 0 Å². The smallest absolute Gasteiger partial charge is 0.339 e. The van der Waals surface area contributed by atoms with Crippen LogP contribution in [0.15, 0.2) is 23.6 Å². The molecule has 0 spiro atoms. The number of hydrogen-bond donors (Lipinski definition) is 2. The van der Waals surface area contributed by atoms with Crippen molar-refractivity contribution in [3.63, 3.8) is 0 Å². The lowest BCUT2D eigenvalue weighted by Gasteiger charge is -2.05. The van der Waals surface area contributed by atoms with E-state index in [0.29, 0.717) is 10.6 Å². The molecule has 0 aliphatic rings. The van der Waals surface area contributed by atoms with Crippen molar-refractivity contribution >= 4 is 22.3 Å². The Bertz CT molecular complexity index is 587. The Morgan fingerprint density at radius 3 is 2.59 bits per heavy atom. The highest BCUT2D eigenvalue weighted by Gasteiger charge is 2.17. The molecule has 17 heavy (non-hydrogen) atoms. The van der Waals surface area contributed by atoms with Gasteiger partial charge in [-0.2, -0.15) is 0 Å². The molecular weight excluding hydrogens is 234 g/mol. The maximum atomic E-state index is 11.2. The third kappa shape index (κ3) is 2.03. The lowest BCUT2D eigenvalue weighted by Crippen LogP contribution is -2.00. The maximum absolute atomic E-state index is 11.2. The van der Waals surface area contributed by atoms with Gasteiger partial charge in [-0.15, -0.1) is 11.3 Å². The van der Waals surface area contributed by atoms with E-state index in [1.807, 2.05) is 32.0 Å². The number of benzene rings is 1. The number of anilines is 1. The van der Waals surface area contributed by atoms with Crippen LogP contribution in [0.4, 0.5) is 5.00 Å². The Hall–Kier alpha value is -1.81. The third-order valence-electron chi connectivity index (χ3n) is 2.85. The van der Waals surface area contributed by atoms with Crippen LogP contribution in [0.2, 0.25) is 0 Å². The van der Waals surface area contributed by atoms with E-state index in [9.17, 15) is 4.79 Å². The second kappa shape index (κ2) is 4.22. The summed E-state index contributed by atoms with van der Waals surface area (Å²) in [7, 11) is 0. The Labute approximate surface area is 104 Å². The van der Waals surface area contributed by atoms with Gasteiger partial charge in [0.2, 0.25) is 0 Å². The van der Waals surface area contributed by atoms with Crippen molar-refractivity contribution in [2.75, 3.05) is 5.73 Å². The number of rotatable bonds is 2. The van der Waals surface area contributed by atoms with Crippen molar-refractivity contribution in [2.45, 2.75) is 13.8 Å². The zero-order valence-electron chi connectivity index (χ0n) is 9.65. The van der Waals surface area contributed by atoms with Gasteiger partial charge in [-0.1, -0.05) is 18.2 Å². The maximum Gasteiger partial charge on any atom is 0.339 e. The molecule has 0 bridgehead atoms. The number of aryl methyl sites for hydroxylation is 2. The van der Waals surface area contributed by atoms with E-state index >= 15 is 0 Å². The van der Waals surface area contributed by atoms with E-state index in [-0.39, 0.29) is 5.56 Å². The third-order valence-corrected chi connectivity index (χ3v) is 3.66. The van der Waals surface area contributed by atoms with Crippen LogP contribution in [0.25, 0.3) is 11.1 Å². The van der Waals surface area contributed by atoms with Gasteiger partial charge in [0.05, 0.1) is 0 Å². The second-order valence-electron chi connectivity index (χ2n) is 3.99. The molecule has 1 heterocycles. The van der Waals surface area contributed by atoms with Crippen molar-refractivity contribution in [1.29, 1.82) is 0 Å². The number of carboxylic acids is 1. The number of nitrogens with two attached hydrogens (primary N) is 1. The summed E-state index contributed by atoms with van der Waals surface area (Å²) in [5.74, 6) is -0.975. The standard InChI is InChI=1S/C13H13NO2S/c1-7-3-4-9(5-8(7)2)10-6-17-12(14)11(10)13(15)16/h3-6H,14H2,1-2H3,(H,15,16). The second-order valence-corrected chi connectivity index (χ2v) is 4.90. The van der Waals surface area contributed by atoms with Gasteiger partial charge in [-0.25, -0.2) is 4.79 Å². The lowest BCUT2D eigenvalue weighted by molar-refractivity contribution is 0.0699. The van der Waals surface area contributed by atoms with Crippen LogP contribution in [-0.4, -0.2) is 11.1 Å². The van der Waals surface area contributed by atoms with Gasteiger partial charge in [0, 0.05) is 10.9 Å². The zero-order chi connectivity index (χ0) is 12.6. The van der Waals surface area contributed by atoms with Crippen LogP contribution >= 0.6 is 11.3 Å². The first-order valence-corrected chi connectivity index (χ1v) is 6.06. The number of hydrogen-bond acceptors (Lipinski definition) is 3. The number of carbonyl (C=O) groups is 1. The topological polar surface area (TPSA) is 63.3 Å². The van der Waals surface area contributed by atoms with Crippen molar-refractivity contribution in [1.82, 2.24) is 0 Å². The summed E-state index contributed by atoms with van der Waals surface area (Å²) in [4.78, 5) is 11.2. The number of nitrogen functional groups attached to an aromatic ring is 1. The fourth-order valence-corrected chi connectivity index (χ4v) is 2.53. The molecule has 3 nitrogen and oxygen atoms in total. The summed E-state index contributed by atoms with van der Waals surface area (Å²) in [6, 6.07) is 5.91. The van der Waals surface area contributed by atoms with Crippen molar-refractivity contribution < 1.29 is 9.90 Å². The summed E-state index contributed by atoms with van der Waals surface area (Å²) < 4.78 is 0. The van der Waals surface area contributed by atoms with Gasteiger partial charge in [-0.05, 0) is 30.5 Å². The van der Waals surface area contributed by atoms with Gasteiger partial charge in [0.25, 0.3) is 0 Å². The molecule has 2 aromatic rings. The van der Waals surface area contributed by atoms with E-state index in [1.54, 1.807) is 5.38 Å². The molecule has 0 amide bonds. The average Bonchev–Trinajstić information content (AvgIpc) is 2.64. The SMILES string of the molecule is Cc1ccc(-c2csc(N)c2C(=O)O)cc1C. The summed E-state index contributed by atoms with van der Waals surface area (Å²) >= 11 is 1.26.